The van der Waals surface area contributed by atoms with Gasteiger partial charge in [0.2, 0.25) is 0 Å². The lowest BCUT2D eigenvalue weighted by Gasteiger charge is -2.13. The van der Waals surface area contributed by atoms with Gasteiger partial charge in [-0.1, -0.05) is 0 Å². The predicted octanol–water partition coefficient (Wildman–Crippen LogP) is 3.85. The lowest BCUT2D eigenvalue weighted by atomic mass is 10.2. The van der Waals surface area contributed by atoms with Gasteiger partial charge in [0.15, 0.2) is 0 Å². The van der Waals surface area contributed by atoms with E-state index in [0.29, 0.717) is 11.1 Å². The molecule has 0 radical (unpaired) electrons. The maximum atomic E-state index is 13.3. The summed E-state index contributed by atoms with van der Waals surface area (Å²) in [6.45, 7) is 0.957. The number of fused-ring (bicyclic) bond motifs is 1. The van der Waals surface area contributed by atoms with Gasteiger partial charge in [-0.3, -0.25) is 0 Å². The minimum atomic E-state index is -0.232. The molecular weight excluding hydrogens is 283 g/mol. The lowest BCUT2D eigenvalue weighted by Crippen LogP contribution is -2.13. The van der Waals surface area contributed by atoms with Crippen LogP contribution in [0.5, 0.6) is 0 Å². The molecule has 0 saturated carbocycles. The second-order valence-corrected chi connectivity index (χ2v) is 6.63. The summed E-state index contributed by atoms with van der Waals surface area (Å²) in [5.74, 6) is 2.54. The molecule has 1 atom stereocenters. The topological polar surface area (TPSA) is 17.8 Å². The Morgan fingerprint density at radius 1 is 1.47 bits per heavy atom. The van der Waals surface area contributed by atoms with Crippen molar-refractivity contribution in [3.63, 3.8) is 0 Å². The Hall–Kier alpha value is -0.740. The van der Waals surface area contributed by atoms with E-state index in [-0.39, 0.29) is 5.82 Å². The number of hydrogen-bond acceptors (Lipinski definition) is 2. The molecule has 2 nitrogen and oxygen atoms in total. The number of aromatic nitrogens is 2. The summed E-state index contributed by atoms with van der Waals surface area (Å²) in [5, 5.41) is 0.650. The smallest absolute Gasteiger partial charge is 0.125 e. The van der Waals surface area contributed by atoms with Gasteiger partial charge < -0.3 is 4.57 Å². The fraction of sp³-hybridized carbons (Fsp3) is 0.500. The maximum Gasteiger partial charge on any atom is 0.125 e. The third-order valence-electron chi connectivity index (χ3n) is 3.52. The molecule has 1 aliphatic rings. The number of hydrogen-bond donors (Lipinski definition) is 0. The van der Waals surface area contributed by atoms with Crippen molar-refractivity contribution in [3.05, 3.63) is 29.8 Å². The number of alkyl halides is 1. The molecule has 1 unspecified atom stereocenters. The molecule has 19 heavy (non-hydrogen) atoms. The largest absolute Gasteiger partial charge is 0.327 e. The molecule has 1 saturated heterocycles. The van der Waals surface area contributed by atoms with Crippen molar-refractivity contribution in [2.45, 2.75) is 31.1 Å². The number of rotatable bonds is 4. The molecule has 0 bridgehead atoms. The first-order valence-corrected chi connectivity index (χ1v) is 8.18. The number of nitrogens with zero attached hydrogens (tertiary/aromatic N) is 2. The Balaban J connectivity index is 2.00. The van der Waals surface area contributed by atoms with Crippen LogP contribution in [-0.4, -0.2) is 26.4 Å². The van der Waals surface area contributed by atoms with Crippen LogP contribution < -0.4 is 0 Å². The predicted molar refractivity (Wildman–Crippen MR) is 79.6 cm³/mol. The molecule has 102 valence electrons. The number of halogens is 2. The minimum absolute atomic E-state index is 0.232. The van der Waals surface area contributed by atoms with E-state index < -0.39 is 0 Å². The van der Waals surface area contributed by atoms with Gasteiger partial charge >= 0.3 is 0 Å². The van der Waals surface area contributed by atoms with Crippen LogP contribution in [0.1, 0.15) is 18.7 Å². The highest BCUT2D eigenvalue weighted by atomic mass is 35.5. The molecule has 1 aromatic carbocycles. The molecule has 0 N–H and O–H groups in total. The van der Waals surface area contributed by atoms with Gasteiger partial charge in [-0.15, -0.1) is 11.6 Å². The van der Waals surface area contributed by atoms with Crippen LogP contribution in [0.3, 0.4) is 0 Å². The van der Waals surface area contributed by atoms with Crippen LogP contribution in [-0.2, 0) is 13.0 Å². The summed E-state index contributed by atoms with van der Waals surface area (Å²) in [6, 6.07) is 4.84. The molecule has 1 aromatic heterocycles. The average molecular weight is 299 g/mol. The zero-order valence-corrected chi connectivity index (χ0v) is 12.2. The summed E-state index contributed by atoms with van der Waals surface area (Å²) in [4.78, 5) is 4.53. The third-order valence-corrected chi connectivity index (χ3v) is 5.09. The highest BCUT2D eigenvalue weighted by Crippen LogP contribution is 2.29. The van der Waals surface area contributed by atoms with E-state index in [1.54, 1.807) is 0 Å². The van der Waals surface area contributed by atoms with Gasteiger partial charge in [-0.05, 0) is 30.7 Å². The van der Waals surface area contributed by atoms with Crippen molar-refractivity contribution < 1.29 is 4.39 Å². The van der Waals surface area contributed by atoms with Gasteiger partial charge in [0.1, 0.15) is 11.6 Å². The van der Waals surface area contributed by atoms with E-state index in [4.69, 9.17) is 11.6 Å². The van der Waals surface area contributed by atoms with Gasteiger partial charge in [0.25, 0.3) is 0 Å². The van der Waals surface area contributed by atoms with Gasteiger partial charge in [0.05, 0.1) is 11.0 Å². The van der Waals surface area contributed by atoms with E-state index in [0.717, 1.165) is 29.8 Å². The third kappa shape index (κ3) is 2.75. The molecule has 3 rings (SSSR count). The van der Waals surface area contributed by atoms with Crippen molar-refractivity contribution in [2.24, 2.45) is 0 Å². The van der Waals surface area contributed by atoms with Crippen molar-refractivity contribution >= 4 is 34.4 Å². The molecule has 1 fully saturated rings. The summed E-state index contributed by atoms with van der Waals surface area (Å²) in [6.07, 6.45) is 3.28. The normalized spacial score (nSPS) is 19.4. The summed E-state index contributed by atoms with van der Waals surface area (Å²) < 4.78 is 15.5. The standard InChI is InChI=1S/C14H16ClFN2S/c15-6-5-14-17-12-8-10(16)3-4-13(12)18(14)9-11-2-1-7-19-11/h3-4,8,11H,1-2,5-7,9H2. The average Bonchev–Trinajstić information content (AvgIpc) is 2.99. The van der Waals surface area contributed by atoms with Crippen molar-refractivity contribution in [2.75, 3.05) is 11.6 Å². The SMILES string of the molecule is Fc1ccc2c(c1)nc(CCCl)n2CC1CCCS1. The Labute approximate surface area is 121 Å². The number of thioether (sulfide) groups is 1. The molecule has 2 aromatic rings. The number of benzene rings is 1. The molecule has 2 heterocycles. The Morgan fingerprint density at radius 3 is 3.11 bits per heavy atom. The zero-order chi connectivity index (χ0) is 13.2. The zero-order valence-electron chi connectivity index (χ0n) is 10.6. The van der Waals surface area contributed by atoms with Gasteiger partial charge in [0, 0.05) is 30.2 Å². The van der Waals surface area contributed by atoms with Crippen LogP contribution in [0.2, 0.25) is 0 Å². The first-order chi connectivity index (χ1) is 9.28. The van der Waals surface area contributed by atoms with E-state index in [9.17, 15) is 4.39 Å². The van der Waals surface area contributed by atoms with E-state index in [1.165, 1.54) is 30.7 Å². The van der Waals surface area contributed by atoms with Gasteiger partial charge in [-0.2, -0.15) is 11.8 Å². The van der Waals surface area contributed by atoms with Crippen LogP contribution >= 0.6 is 23.4 Å². The van der Waals surface area contributed by atoms with Crippen molar-refractivity contribution in [1.82, 2.24) is 9.55 Å². The highest BCUT2D eigenvalue weighted by Gasteiger charge is 2.19. The monoisotopic (exact) mass is 298 g/mol. The van der Waals surface area contributed by atoms with Gasteiger partial charge in [-0.25, -0.2) is 9.37 Å². The first kappa shape index (κ1) is 13.3. The second kappa shape index (κ2) is 5.71. The quantitative estimate of drug-likeness (QED) is 0.798. The summed E-state index contributed by atoms with van der Waals surface area (Å²) in [7, 11) is 0. The molecule has 5 heteroatoms. The lowest BCUT2D eigenvalue weighted by molar-refractivity contribution is 0.624. The molecule has 0 aliphatic carbocycles. The van der Waals surface area contributed by atoms with Crippen molar-refractivity contribution in [3.8, 4) is 0 Å². The maximum absolute atomic E-state index is 13.3. The van der Waals surface area contributed by atoms with Crippen molar-refractivity contribution in [1.29, 1.82) is 0 Å². The molecule has 1 aliphatic heterocycles. The van der Waals surface area contributed by atoms with Crippen LogP contribution in [0.25, 0.3) is 11.0 Å². The highest BCUT2D eigenvalue weighted by molar-refractivity contribution is 8.00. The van der Waals surface area contributed by atoms with Crippen LogP contribution in [0, 0.1) is 5.82 Å². The summed E-state index contributed by atoms with van der Waals surface area (Å²) in [5.41, 5.74) is 1.76. The fourth-order valence-corrected chi connectivity index (χ4v) is 4.05. The molecule has 0 spiro atoms. The fourth-order valence-electron chi connectivity index (χ4n) is 2.62. The molecule has 0 amide bonds. The first-order valence-electron chi connectivity index (χ1n) is 6.60. The number of imidazole rings is 1. The second-order valence-electron chi connectivity index (χ2n) is 4.85. The van der Waals surface area contributed by atoms with Crippen LogP contribution in [0.15, 0.2) is 18.2 Å². The Bertz CT molecular complexity index is 578. The summed E-state index contributed by atoms with van der Waals surface area (Å²) >= 11 is 7.87. The number of aryl methyl sites for hydroxylation is 1. The minimum Gasteiger partial charge on any atom is -0.327 e. The Kier molecular flexibility index (Phi) is 3.99. The van der Waals surface area contributed by atoms with E-state index >= 15 is 0 Å². The Morgan fingerprint density at radius 2 is 2.37 bits per heavy atom. The van der Waals surface area contributed by atoms with E-state index in [2.05, 4.69) is 9.55 Å². The van der Waals surface area contributed by atoms with E-state index in [1.807, 2.05) is 17.8 Å². The molecular formula is C14H16ClFN2S. The van der Waals surface area contributed by atoms with Crippen LogP contribution in [0.4, 0.5) is 4.39 Å².